The van der Waals surface area contributed by atoms with Gasteiger partial charge in [-0.2, -0.15) is 0 Å². The molecule has 0 aliphatic carbocycles. The normalized spacial score (nSPS) is 28.2. The molecule has 1 heterocycles. The maximum atomic E-state index is 11.2. The molecule has 1 fully saturated rings. The maximum absolute atomic E-state index is 11.2. The number of aliphatic hydroxyl groups excluding tert-OH is 1. The van der Waals surface area contributed by atoms with E-state index in [9.17, 15) is 9.59 Å². The molecule has 1 saturated heterocycles. The average molecular weight is 215 g/mol. The molecule has 1 aliphatic rings. The van der Waals surface area contributed by atoms with Crippen molar-refractivity contribution in [2.75, 3.05) is 20.3 Å². The van der Waals surface area contributed by atoms with E-state index in [1.54, 1.807) is 6.92 Å². The van der Waals surface area contributed by atoms with Gasteiger partial charge in [-0.05, 0) is 6.92 Å². The summed E-state index contributed by atoms with van der Waals surface area (Å²) < 4.78 is 9.18. The van der Waals surface area contributed by atoms with Crippen LogP contribution in [-0.4, -0.2) is 42.9 Å². The van der Waals surface area contributed by atoms with Gasteiger partial charge in [-0.3, -0.25) is 0 Å². The number of carbonyl (C=O) groups is 2. The Hall–Kier alpha value is -1.56. The SMILES string of the molecule is COC(=O)C=C1NC(C)(CO)COC1=O. The highest BCUT2D eigenvalue weighted by molar-refractivity contribution is 5.96. The van der Waals surface area contributed by atoms with Crippen molar-refractivity contribution >= 4 is 11.9 Å². The fourth-order valence-electron chi connectivity index (χ4n) is 1.07. The van der Waals surface area contributed by atoms with Crippen molar-refractivity contribution in [1.82, 2.24) is 5.32 Å². The topological polar surface area (TPSA) is 84.9 Å². The van der Waals surface area contributed by atoms with Gasteiger partial charge >= 0.3 is 11.9 Å². The van der Waals surface area contributed by atoms with Crippen LogP contribution in [0.4, 0.5) is 0 Å². The lowest BCUT2D eigenvalue weighted by atomic mass is 10.0. The molecule has 0 bridgehead atoms. The number of hydrogen-bond donors (Lipinski definition) is 2. The molecule has 0 aromatic rings. The Morgan fingerprint density at radius 1 is 1.80 bits per heavy atom. The molecule has 15 heavy (non-hydrogen) atoms. The highest BCUT2D eigenvalue weighted by Crippen LogP contribution is 2.14. The number of hydrogen-bond acceptors (Lipinski definition) is 6. The van der Waals surface area contributed by atoms with Crippen LogP contribution in [0.5, 0.6) is 0 Å². The van der Waals surface area contributed by atoms with Gasteiger partial charge in [-0.25, -0.2) is 9.59 Å². The molecule has 0 aromatic carbocycles. The fourth-order valence-corrected chi connectivity index (χ4v) is 1.07. The second-order valence-corrected chi connectivity index (χ2v) is 3.50. The lowest BCUT2D eigenvalue weighted by Gasteiger charge is -2.34. The molecule has 1 rings (SSSR count). The van der Waals surface area contributed by atoms with Crippen LogP contribution in [0.1, 0.15) is 6.92 Å². The van der Waals surface area contributed by atoms with Crippen molar-refractivity contribution in [1.29, 1.82) is 0 Å². The maximum Gasteiger partial charge on any atom is 0.354 e. The fraction of sp³-hybridized carbons (Fsp3) is 0.556. The van der Waals surface area contributed by atoms with E-state index < -0.39 is 17.5 Å². The summed E-state index contributed by atoms with van der Waals surface area (Å²) in [5.41, 5.74) is -0.766. The molecule has 1 aliphatic heterocycles. The quantitative estimate of drug-likeness (QED) is 0.451. The van der Waals surface area contributed by atoms with E-state index in [-0.39, 0.29) is 18.9 Å². The van der Waals surface area contributed by atoms with Crippen LogP contribution < -0.4 is 5.32 Å². The number of morpholine rings is 1. The summed E-state index contributed by atoms with van der Waals surface area (Å²) in [4.78, 5) is 22.1. The van der Waals surface area contributed by atoms with Gasteiger partial charge in [0.15, 0.2) is 0 Å². The summed E-state index contributed by atoms with van der Waals surface area (Å²) in [5.74, 6) is -1.29. The standard InChI is InChI=1S/C9H13NO5/c1-9(4-11)5-15-8(13)6(10-9)3-7(12)14-2/h3,10-11H,4-5H2,1-2H3. The molecule has 0 radical (unpaired) electrons. The molecule has 1 atom stereocenters. The van der Waals surface area contributed by atoms with E-state index >= 15 is 0 Å². The predicted molar refractivity (Wildman–Crippen MR) is 49.7 cm³/mol. The van der Waals surface area contributed by atoms with Gasteiger partial charge in [0.25, 0.3) is 0 Å². The van der Waals surface area contributed by atoms with E-state index in [1.807, 2.05) is 0 Å². The number of carbonyl (C=O) groups excluding carboxylic acids is 2. The Morgan fingerprint density at radius 2 is 2.47 bits per heavy atom. The van der Waals surface area contributed by atoms with Crippen LogP contribution in [0, 0.1) is 0 Å². The molecule has 1 unspecified atom stereocenters. The number of methoxy groups -OCH3 is 1. The zero-order chi connectivity index (χ0) is 11.5. The molecular weight excluding hydrogens is 202 g/mol. The Labute approximate surface area is 86.9 Å². The Bertz CT molecular complexity index is 312. The summed E-state index contributed by atoms with van der Waals surface area (Å²) in [6.07, 6.45) is 0.995. The van der Waals surface area contributed by atoms with E-state index in [1.165, 1.54) is 7.11 Å². The third kappa shape index (κ3) is 2.69. The minimum Gasteiger partial charge on any atom is -0.466 e. The molecule has 0 amide bonds. The summed E-state index contributed by atoms with van der Waals surface area (Å²) >= 11 is 0. The van der Waals surface area contributed by atoms with Gasteiger partial charge < -0.3 is 19.9 Å². The van der Waals surface area contributed by atoms with Gasteiger partial charge in [0.05, 0.1) is 25.3 Å². The third-order valence-electron chi connectivity index (χ3n) is 1.99. The molecule has 0 saturated carbocycles. The summed E-state index contributed by atoms with van der Waals surface area (Å²) in [5, 5.41) is 11.8. The van der Waals surface area contributed by atoms with Crippen LogP contribution in [0.3, 0.4) is 0 Å². The van der Waals surface area contributed by atoms with E-state index in [2.05, 4.69) is 10.1 Å². The molecule has 0 aromatic heterocycles. The van der Waals surface area contributed by atoms with Gasteiger partial charge in [0, 0.05) is 0 Å². The van der Waals surface area contributed by atoms with Gasteiger partial charge in [0.1, 0.15) is 12.3 Å². The minimum absolute atomic E-state index is 0.00958. The van der Waals surface area contributed by atoms with E-state index in [4.69, 9.17) is 9.84 Å². The van der Waals surface area contributed by atoms with Crippen molar-refractivity contribution in [2.24, 2.45) is 0 Å². The van der Waals surface area contributed by atoms with Gasteiger partial charge in [-0.15, -0.1) is 0 Å². The van der Waals surface area contributed by atoms with Gasteiger partial charge in [-0.1, -0.05) is 0 Å². The Balaban J connectivity index is 2.83. The second kappa shape index (κ2) is 4.31. The molecule has 6 heteroatoms. The van der Waals surface area contributed by atoms with Crippen molar-refractivity contribution < 1.29 is 24.2 Å². The molecule has 2 N–H and O–H groups in total. The Morgan fingerprint density at radius 3 is 3.00 bits per heavy atom. The van der Waals surface area contributed by atoms with Crippen LogP contribution in [0.2, 0.25) is 0 Å². The van der Waals surface area contributed by atoms with Crippen molar-refractivity contribution in [3.05, 3.63) is 11.8 Å². The number of ether oxygens (including phenoxy) is 2. The number of nitrogens with one attached hydrogen (secondary N) is 1. The minimum atomic E-state index is -0.756. The van der Waals surface area contributed by atoms with Crippen molar-refractivity contribution in [3.63, 3.8) is 0 Å². The number of aliphatic hydroxyl groups is 1. The number of rotatable bonds is 2. The van der Waals surface area contributed by atoms with Crippen LogP contribution in [-0.2, 0) is 19.1 Å². The first-order valence-corrected chi connectivity index (χ1v) is 4.36. The van der Waals surface area contributed by atoms with E-state index in [0.717, 1.165) is 6.08 Å². The molecule has 84 valence electrons. The highest BCUT2D eigenvalue weighted by atomic mass is 16.5. The van der Waals surface area contributed by atoms with Crippen LogP contribution >= 0.6 is 0 Å². The first-order chi connectivity index (χ1) is 7.00. The first kappa shape index (κ1) is 11.5. The first-order valence-electron chi connectivity index (χ1n) is 4.36. The lowest BCUT2D eigenvalue weighted by Crippen LogP contribution is -2.55. The Kier molecular flexibility index (Phi) is 3.31. The van der Waals surface area contributed by atoms with Crippen LogP contribution in [0.25, 0.3) is 0 Å². The average Bonchev–Trinajstić information content (AvgIpc) is 2.23. The molecule has 6 nitrogen and oxygen atoms in total. The monoisotopic (exact) mass is 215 g/mol. The zero-order valence-electron chi connectivity index (χ0n) is 8.57. The summed E-state index contributed by atoms with van der Waals surface area (Å²) in [6, 6.07) is 0. The molecular formula is C9H13NO5. The predicted octanol–water partition coefficient (Wildman–Crippen LogP) is -1.06. The highest BCUT2D eigenvalue weighted by Gasteiger charge is 2.34. The zero-order valence-corrected chi connectivity index (χ0v) is 8.57. The summed E-state index contributed by atoms with van der Waals surface area (Å²) in [7, 11) is 1.21. The number of esters is 2. The number of cyclic esters (lactones) is 1. The van der Waals surface area contributed by atoms with Crippen molar-refractivity contribution in [3.8, 4) is 0 Å². The van der Waals surface area contributed by atoms with E-state index in [0.29, 0.717) is 0 Å². The largest absolute Gasteiger partial charge is 0.466 e. The smallest absolute Gasteiger partial charge is 0.354 e. The summed E-state index contributed by atoms with van der Waals surface area (Å²) in [6.45, 7) is 1.52. The van der Waals surface area contributed by atoms with Crippen molar-refractivity contribution in [2.45, 2.75) is 12.5 Å². The second-order valence-electron chi connectivity index (χ2n) is 3.50. The van der Waals surface area contributed by atoms with Gasteiger partial charge in [0.2, 0.25) is 0 Å². The third-order valence-corrected chi connectivity index (χ3v) is 1.99. The van der Waals surface area contributed by atoms with Crippen LogP contribution in [0.15, 0.2) is 11.8 Å². The lowest BCUT2D eigenvalue weighted by molar-refractivity contribution is -0.147. The molecule has 0 spiro atoms.